The van der Waals surface area contributed by atoms with E-state index in [1.165, 1.54) is 6.07 Å². The minimum Gasteiger partial charge on any atom is -0.353 e. The molecule has 5 nitrogen and oxygen atoms in total. The highest BCUT2D eigenvalue weighted by Crippen LogP contribution is 2.25. The summed E-state index contributed by atoms with van der Waals surface area (Å²) < 4.78 is 13.2. The third kappa shape index (κ3) is 4.56. The number of pyridine rings is 1. The number of hydrogen-bond acceptors (Lipinski definition) is 3. The molecule has 1 atom stereocenters. The van der Waals surface area contributed by atoms with E-state index in [0.29, 0.717) is 17.5 Å². The van der Waals surface area contributed by atoms with Crippen molar-refractivity contribution in [2.24, 2.45) is 4.99 Å². The fourth-order valence-corrected chi connectivity index (χ4v) is 3.35. The number of anilines is 1. The van der Waals surface area contributed by atoms with Crippen LogP contribution in [0.4, 0.5) is 10.2 Å². The van der Waals surface area contributed by atoms with Crippen LogP contribution < -0.4 is 15.5 Å². The average molecular weight is 396 g/mol. The van der Waals surface area contributed by atoms with Crippen LogP contribution in [0.1, 0.15) is 12.0 Å². The normalized spacial score (nSPS) is 17.5. The molecule has 2 aromatic rings. The summed E-state index contributed by atoms with van der Waals surface area (Å²) >= 11 is 12.0. The topological polar surface area (TPSA) is 52.6 Å². The van der Waals surface area contributed by atoms with E-state index in [-0.39, 0.29) is 11.1 Å². The molecule has 1 unspecified atom stereocenters. The molecule has 1 saturated heterocycles. The summed E-state index contributed by atoms with van der Waals surface area (Å²) in [5.41, 5.74) is 0.882. The third-order valence-electron chi connectivity index (χ3n) is 4.24. The molecule has 0 amide bonds. The Hall–Kier alpha value is -2.05. The van der Waals surface area contributed by atoms with Crippen molar-refractivity contribution in [2.75, 3.05) is 25.0 Å². The zero-order chi connectivity index (χ0) is 18.5. The summed E-state index contributed by atoms with van der Waals surface area (Å²) in [4.78, 5) is 10.8. The number of halogens is 3. The predicted molar refractivity (Wildman–Crippen MR) is 105 cm³/mol. The van der Waals surface area contributed by atoms with Gasteiger partial charge in [0.15, 0.2) is 5.96 Å². The van der Waals surface area contributed by atoms with Crippen molar-refractivity contribution in [3.63, 3.8) is 0 Å². The monoisotopic (exact) mass is 395 g/mol. The number of rotatable bonds is 4. The lowest BCUT2D eigenvalue weighted by atomic mass is 10.2. The SMILES string of the molecule is CN=C(NCc1ccc(F)c(Cl)c1)NC1CCN(c2ncccc2Cl)C1. The van der Waals surface area contributed by atoms with Gasteiger partial charge in [0.25, 0.3) is 0 Å². The zero-order valence-electron chi connectivity index (χ0n) is 14.3. The highest BCUT2D eigenvalue weighted by Gasteiger charge is 2.25. The van der Waals surface area contributed by atoms with Crippen LogP contribution in [-0.2, 0) is 6.54 Å². The molecular formula is C18H20Cl2FN5. The van der Waals surface area contributed by atoms with Crippen LogP contribution >= 0.6 is 23.2 Å². The molecule has 0 aliphatic carbocycles. The van der Waals surface area contributed by atoms with E-state index in [1.54, 1.807) is 25.4 Å². The summed E-state index contributed by atoms with van der Waals surface area (Å²) in [5, 5.41) is 7.40. The predicted octanol–water partition coefficient (Wildman–Crippen LogP) is 3.47. The maximum Gasteiger partial charge on any atom is 0.191 e. The molecule has 0 bridgehead atoms. The molecular weight excluding hydrogens is 376 g/mol. The maximum atomic E-state index is 13.2. The number of hydrogen-bond donors (Lipinski definition) is 2. The first-order valence-electron chi connectivity index (χ1n) is 8.33. The summed E-state index contributed by atoms with van der Waals surface area (Å²) in [6.45, 7) is 2.17. The van der Waals surface area contributed by atoms with Crippen molar-refractivity contribution in [3.8, 4) is 0 Å². The van der Waals surface area contributed by atoms with Gasteiger partial charge < -0.3 is 15.5 Å². The molecule has 1 aromatic carbocycles. The Morgan fingerprint density at radius 2 is 2.19 bits per heavy atom. The number of benzene rings is 1. The third-order valence-corrected chi connectivity index (χ3v) is 4.82. The lowest BCUT2D eigenvalue weighted by molar-refractivity contribution is 0.626. The molecule has 1 aliphatic heterocycles. The molecule has 1 aliphatic rings. The first kappa shape index (κ1) is 18.7. The van der Waals surface area contributed by atoms with Crippen molar-refractivity contribution in [1.29, 1.82) is 0 Å². The lowest BCUT2D eigenvalue weighted by Gasteiger charge is -2.20. The quantitative estimate of drug-likeness (QED) is 0.614. The summed E-state index contributed by atoms with van der Waals surface area (Å²) in [6.07, 6.45) is 2.70. The Morgan fingerprint density at radius 3 is 2.92 bits per heavy atom. The fourth-order valence-electron chi connectivity index (χ4n) is 2.90. The smallest absolute Gasteiger partial charge is 0.191 e. The van der Waals surface area contributed by atoms with Gasteiger partial charge in [-0.15, -0.1) is 0 Å². The highest BCUT2D eigenvalue weighted by molar-refractivity contribution is 6.33. The van der Waals surface area contributed by atoms with Crippen molar-refractivity contribution in [2.45, 2.75) is 19.0 Å². The van der Waals surface area contributed by atoms with Crippen LogP contribution in [0.25, 0.3) is 0 Å². The van der Waals surface area contributed by atoms with Crippen molar-refractivity contribution in [1.82, 2.24) is 15.6 Å². The summed E-state index contributed by atoms with van der Waals surface area (Å²) in [7, 11) is 1.72. The van der Waals surface area contributed by atoms with Gasteiger partial charge in [0.05, 0.1) is 10.0 Å². The molecule has 0 radical (unpaired) electrons. The minimum absolute atomic E-state index is 0.117. The van der Waals surface area contributed by atoms with E-state index in [2.05, 4.69) is 25.5 Å². The van der Waals surface area contributed by atoms with Gasteiger partial charge in [-0.1, -0.05) is 29.3 Å². The Balaban J connectivity index is 1.54. The van der Waals surface area contributed by atoms with Gasteiger partial charge in [-0.3, -0.25) is 4.99 Å². The van der Waals surface area contributed by atoms with Crippen LogP contribution in [-0.4, -0.2) is 37.1 Å². The number of nitrogens with one attached hydrogen (secondary N) is 2. The standard InChI is InChI=1S/C18H20Cl2FN5/c1-22-18(24-10-12-4-5-16(21)15(20)9-12)25-13-6-8-26(11-13)17-14(19)3-2-7-23-17/h2-5,7,9,13H,6,8,10-11H2,1H3,(H2,22,24,25). The van der Waals surface area contributed by atoms with Gasteiger partial charge in [0.1, 0.15) is 11.6 Å². The van der Waals surface area contributed by atoms with Crippen LogP contribution in [0.2, 0.25) is 10.0 Å². The van der Waals surface area contributed by atoms with Gasteiger partial charge in [-0.05, 0) is 36.2 Å². The van der Waals surface area contributed by atoms with Gasteiger partial charge in [-0.2, -0.15) is 0 Å². The van der Waals surface area contributed by atoms with Crippen LogP contribution in [0, 0.1) is 5.82 Å². The van der Waals surface area contributed by atoms with Crippen LogP contribution in [0.3, 0.4) is 0 Å². The number of nitrogens with zero attached hydrogens (tertiary/aromatic N) is 3. The van der Waals surface area contributed by atoms with E-state index in [0.717, 1.165) is 30.9 Å². The van der Waals surface area contributed by atoms with E-state index >= 15 is 0 Å². The van der Waals surface area contributed by atoms with Gasteiger partial charge >= 0.3 is 0 Å². The molecule has 2 heterocycles. The Kier molecular flexibility index (Phi) is 6.16. The van der Waals surface area contributed by atoms with Crippen molar-refractivity contribution < 1.29 is 4.39 Å². The second-order valence-corrected chi connectivity index (χ2v) is 6.87. The lowest BCUT2D eigenvalue weighted by Crippen LogP contribution is -2.44. The largest absolute Gasteiger partial charge is 0.353 e. The van der Waals surface area contributed by atoms with Gasteiger partial charge in [-0.25, -0.2) is 9.37 Å². The summed E-state index contributed by atoms with van der Waals surface area (Å²) in [5.74, 6) is 1.07. The van der Waals surface area contributed by atoms with Gasteiger partial charge in [0, 0.05) is 38.9 Å². The van der Waals surface area contributed by atoms with E-state index in [4.69, 9.17) is 23.2 Å². The van der Waals surface area contributed by atoms with Crippen LogP contribution in [0.5, 0.6) is 0 Å². The second-order valence-electron chi connectivity index (χ2n) is 6.06. The van der Waals surface area contributed by atoms with Crippen molar-refractivity contribution in [3.05, 3.63) is 58.0 Å². The molecule has 0 saturated carbocycles. The Labute approximate surface area is 162 Å². The molecule has 2 N–H and O–H groups in total. The molecule has 0 spiro atoms. The molecule has 138 valence electrons. The minimum atomic E-state index is -0.419. The highest BCUT2D eigenvalue weighted by atomic mass is 35.5. The Bertz CT molecular complexity index is 799. The average Bonchev–Trinajstić information content (AvgIpc) is 3.10. The first-order chi connectivity index (χ1) is 12.6. The van der Waals surface area contributed by atoms with E-state index in [9.17, 15) is 4.39 Å². The number of guanidine groups is 1. The van der Waals surface area contributed by atoms with Crippen LogP contribution in [0.15, 0.2) is 41.5 Å². The number of aliphatic imine (C=N–C) groups is 1. The van der Waals surface area contributed by atoms with E-state index < -0.39 is 5.82 Å². The molecule has 26 heavy (non-hydrogen) atoms. The molecule has 1 fully saturated rings. The van der Waals surface area contributed by atoms with Gasteiger partial charge in [0.2, 0.25) is 0 Å². The first-order valence-corrected chi connectivity index (χ1v) is 9.09. The second kappa shape index (κ2) is 8.56. The van der Waals surface area contributed by atoms with E-state index in [1.807, 2.05) is 12.1 Å². The maximum absolute atomic E-state index is 13.2. The molecule has 1 aromatic heterocycles. The molecule has 8 heteroatoms. The Morgan fingerprint density at radius 1 is 1.35 bits per heavy atom. The van der Waals surface area contributed by atoms with Crippen molar-refractivity contribution >= 4 is 35.0 Å². The molecule has 3 rings (SSSR count). The fraction of sp³-hybridized carbons (Fsp3) is 0.333. The zero-order valence-corrected chi connectivity index (χ0v) is 15.9. The summed E-state index contributed by atoms with van der Waals surface area (Å²) in [6, 6.07) is 8.57. The number of aromatic nitrogens is 1.